The highest BCUT2D eigenvalue weighted by molar-refractivity contribution is 7.89. The molecule has 4 rings (SSSR count). The summed E-state index contributed by atoms with van der Waals surface area (Å²) in [5.41, 5.74) is 2.09. The normalized spacial score (nSPS) is 21.1. The topological polar surface area (TPSA) is 105 Å². The van der Waals surface area contributed by atoms with Crippen molar-refractivity contribution in [1.29, 1.82) is 0 Å². The summed E-state index contributed by atoms with van der Waals surface area (Å²) in [6.45, 7) is 5.16. The lowest BCUT2D eigenvalue weighted by Gasteiger charge is -2.26. The number of nitrogens with one attached hydrogen (secondary N) is 2. The summed E-state index contributed by atoms with van der Waals surface area (Å²) in [5.74, 6) is 0.00796. The van der Waals surface area contributed by atoms with E-state index in [1.807, 2.05) is 6.92 Å². The van der Waals surface area contributed by atoms with Gasteiger partial charge in [-0.1, -0.05) is 19.1 Å². The Balaban J connectivity index is 1.50. The van der Waals surface area contributed by atoms with E-state index in [1.165, 1.54) is 10.4 Å². The number of rotatable bonds is 6. The average Bonchev–Trinajstić information content (AvgIpc) is 3.52. The number of hydrogen-bond acceptors (Lipinski definition) is 5. The van der Waals surface area contributed by atoms with Crippen LogP contribution < -0.4 is 10.6 Å². The zero-order valence-corrected chi connectivity index (χ0v) is 18.9. The summed E-state index contributed by atoms with van der Waals surface area (Å²) in [7, 11) is -3.67. The van der Waals surface area contributed by atoms with Crippen LogP contribution in [0, 0.1) is 18.8 Å². The molecule has 0 aromatic heterocycles. The van der Waals surface area contributed by atoms with Crippen molar-refractivity contribution in [3.05, 3.63) is 53.6 Å². The molecule has 1 aliphatic heterocycles. The maximum atomic E-state index is 13.0. The molecule has 0 radical (unpaired) electrons. The third kappa shape index (κ3) is 4.85. The summed E-state index contributed by atoms with van der Waals surface area (Å²) >= 11 is 0. The number of anilines is 2. The van der Waals surface area contributed by atoms with E-state index in [0.29, 0.717) is 49.2 Å². The van der Waals surface area contributed by atoms with Crippen molar-refractivity contribution in [2.45, 2.75) is 25.2 Å². The molecule has 2 aromatic rings. The standard InChI is InChI=1S/C23H27N3O5S/c1-15-6-7-19(32(29,30)26-8-10-31-11-9-26)14-21(15)25-22(27)17-4-3-5-18(13-17)24-23(28)20-12-16(20)2/h3-7,13-14,16,20H,8-12H2,1-2H3,(H,24,28)(H,25,27). The Hall–Kier alpha value is -2.75. The number of morpholine rings is 1. The molecule has 170 valence electrons. The number of hydrogen-bond donors (Lipinski definition) is 2. The third-order valence-corrected chi connectivity index (χ3v) is 7.80. The molecule has 8 nitrogen and oxygen atoms in total. The number of ether oxygens (including phenoxy) is 1. The van der Waals surface area contributed by atoms with Crippen LogP contribution in [-0.4, -0.2) is 50.8 Å². The van der Waals surface area contributed by atoms with Crippen LogP contribution >= 0.6 is 0 Å². The quantitative estimate of drug-likeness (QED) is 0.694. The predicted octanol–water partition coefficient (Wildman–Crippen LogP) is 2.86. The SMILES string of the molecule is Cc1ccc(S(=O)(=O)N2CCOCC2)cc1NC(=O)c1cccc(NC(=O)C2CC2C)c1. The molecule has 1 saturated carbocycles. The molecule has 1 saturated heterocycles. The van der Waals surface area contributed by atoms with Crippen LogP contribution in [-0.2, 0) is 19.6 Å². The maximum Gasteiger partial charge on any atom is 0.255 e. The first-order chi connectivity index (χ1) is 15.3. The van der Waals surface area contributed by atoms with E-state index in [0.717, 1.165) is 12.0 Å². The first-order valence-electron chi connectivity index (χ1n) is 10.7. The molecule has 2 fully saturated rings. The van der Waals surface area contributed by atoms with Crippen LogP contribution in [0.1, 0.15) is 29.3 Å². The van der Waals surface area contributed by atoms with Crippen LogP contribution in [0.3, 0.4) is 0 Å². The van der Waals surface area contributed by atoms with E-state index in [-0.39, 0.29) is 22.6 Å². The van der Waals surface area contributed by atoms with E-state index >= 15 is 0 Å². The lowest BCUT2D eigenvalue weighted by atomic mass is 10.1. The average molecular weight is 458 g/mol. The molecule has 9 heteroatoms. The number of sulfonamides is 1. The first kappa shape index (κ1) is 22.4. The van der Waals surface area contributed by atoms with Gasteiger partial charge in [0.2, 0.25) is 15.9 Å². The lowest BCUT2D eigenvalue weighted by Crippen LogP contribution is -2.40. The van der Waals surface area contributed by atoms with Gasteiger partial charge in [-0.2, -0.15) is 4.31 Å². The summed E-state index contributed by atoms with van der Waals surface area (Å²) in [6.07, 6.45) is 0.884. The van der Waals surface area contributed by atoms with Crippen molar-refractivity contribution in [3.8, 4) is 0 Å². The first-order valence-corrected chi connectivity index (χ1v) is 12.1. The second-order valence-electron chi connectivity index (χ2n) is 8.34. The van der Waals surface area contributed by atoms with Gasteiger partial charge in [0.1, 0.15) is 0 Å². The minimum absolute atomic E-state index is 0.0336. The Morgan fingerprint density at radius 3 is 2.47 bits per heavy atom. The van der Waals surface area contributed by atoms with Gasteiger partial charge in [0.15, 0.2) is 0 Å². The fourth-order valence-corrected chi connectivity index (χ4v) is 5.12. The number of benzene rings is 2. The second-order valence-corrected chi connectivity index (χ2v) is 10.3. The molecular formula is C23H27N3O5S. The van der Waals surface area contributed by atoms with E-state index in [4.69, 9.17) is 4.74 Å². The van der Waals surface area contributed by atoms with Gasteiger partial charge < -0.3 is 15.4 Å². The number of carbonyl (C=O) groups is 2. The number of amides is 2. The number of carbonyl (C=O) groups excluding carboxylic acids is 2. The Kier molecular flexibility index (Phi) is 6.32. The summed E-state index contributed by atoms with van der Waals surface area (Å²) in [4.78, 5) is 25.2. The molecule has 2 unspecified atom stereocenters. The minimum atomic E-state index is -3.67. The summed E-state index contributed by atoms with van der Waals surface area (Å²) in [5, 5.41) is 5.66. The Morgan fingerprint density at radius 2 is 1.78 bits per heavy atom. The molecule has 2 aliphatic rings. The summed E-state index contributed by atoms with van der Waals surface area (Å²) in [6, 6.07) is 11.4. The van der Waals surface area contributed by atoms with Crippen molar-refractivity contribution in [3.63, 3.8) is 0 Å². The van der Waals surface area contributed by atoms with Gasteiger partial charge >= 0.3 is 0 Å². The largest absolute Gasteiger partial charge is 0.379 e. The minimum Gasteiger partial charge on any atom is -0.379 e. The molecular weight excluding hydrogens is 430 g/mol. The van der Waals surface area contributed by atoms with Crippen LogP contribution in [0.25, 0.3) is 0 Å². The monoisotopic (exact) mass is 457 g/mol. The van der Waals surface area contributed by atoms with Crippen molar-refractivity contribution >= 4 is 33.2 Å². The lowest BCUT2D eigenvalue weighted by molar-refractivity contribution is -0.117. The van der Waals surface area contributed by atoms with Crippen molar-refractivity contribution in [2.24, 2.45) is 11.8 Å². The Labute approximate surface area is 188 Å². The van der Waals surface area contributed by atoms with Gasteiger partial charge in [-0.3, -0.25) is 9.59 Å². The van der Waals surface area contributed by atoms with Gasteiger partial charge in [0, 0.05) is 35.9 Å². The Morgan fingerprint density at radius 1 is 1.06 bits per heavy atom. The van der Waals surface area contributed by atoms with E-state index < -0.39 is 10.0 Å². The third-order valence-electron chi connectivity index (χ3n) is 5.90. The predicted molar refractivity (Wildman–Crippen MR) is 121 cm³/mol. The fraction of sp³-hybridized carbons (Fsp3) is 0.391. The zero-order valence-electron chi connectivity index (χ0n) is 18.1. The van der Waals surface area contributed by atoms with Crippen molar-refractivity contribution in [2.75, 3.05) is 36.9 Å². The second kappa shape index (κ2) is 9.01. The van der Waals surface area contributed by atoms with Crippen molar-refractivity contribution in [1.82, 2.24) is 4.31 Å². The molecule has 32 heavy (non-hydrogen) atoms. The van der Waals surface area contributed by atoms with Gasteiger partial charge in [0.05, 0.1) is 18.1 Å². The molecule has 0 bridgehead atoms. The fourth-order valence-electron chi connectivity index (χ4n) is 3.69. The molecule has 2 atom stereocenters. The van der Waals surface area contributed by atoms with Gasteiger partial charge in [-0.15, -0.1) is 0 Å². The van der Waals surface area contributed by atoms with Crippen LogP contribution in [0.15, 0.2) is 47.4 Å². The highest BCUT2D eigenvalue weighted by Crippen LogP contribution is 2.38. The molecule has 2 amide bonds. The Bertz CT molecular complexity index is 1140. The molecule has 1 aliphatic carbocycles. The molecule has 2 N–H and O–H groups in total. The van der Waals surface area contributed by atoms with Crippen LogP contribution in [0.4, 0.5) is 11.4 Å². The van der Waals surface area contributed by atoms with E-state index in [9.17, 15) is 18.0 Å². The van der Waals surface area contributed by atoms with Crippen LogP contribution in [0.5, 0.6) is 0 Å². The maximum absolute atomic E-state index is 13.0. The van der Waals surface area contributed by atoms with E-state index in [2.05, 4.69) is 10.6 Å². The van der Waals surface area contributed by atoms with Gasteiger partial charge in [0.25, 0.3) is 5.91 Å². The van der Waals surface area contributed by atoms with Crippen molar-refractivity contribution < 1.29 is 22.7 Å². The highest BCUT2D eigenvalue weighted by Gasteiger charge is 2.39. The summed E-state index contributed by atoms with van der Waals surface area (Å²) < 4.78 is 32.5. The van der Waals surface area contributed by atoms with Gasteiger partial charge in [-0.05, 0) is 55.2 Å². The molecule has 1 heterocycles. The number of nitrogens with zero attached hydrogens (tertiary/aromatic N) is 1. The van der Waals surface area contributed by atoms with Crippen LogP contribution in [0.2, 0.25) is 0 Å². The molecule has 2 aromatic carbocycles. The van der Waals surface area contributed by atoms with E-state index in [1.54, 1.807) is 43.3 Å². The smallest absolute Gasteiger partial charge is 0.255 e. The molecule has 0 spiro atoms. The number of aryl methyl sites for hydroxylation is 1. The van der Waals surface area contributed by atoms with Gasteiger partial charge in [-0.25, -0.2) is 8.42 Å². The zero-order chi connectivity index (χ0) is 22.9. The highest BCUT2D eigenvalue weighted by atomic mass is 32.2.